The Kier molecular flexibility index (Phi) is 1.96. The first-order valence-corrected chi connectivity index (χ1v) is 2.94. The maximum atomic E-state index is 12.4. The number of nitro groups is 1. The van der Waals surface area contributed by atoms with Gasteiger partial charge in [-0.05, 0) is 6.07 Å². The van der Waals surface area contributed by atoms with Crippen molar-refractivity contribution >= 4 is 11.4 Å². The molecular formula is C6H3FN3O2+. The lowest BCUT2D eigenvalue weighted by atomic mass is 10.3. The van der Waals surface area contributed by atoms with E-state index in [-0.39, 0.29) is 5.69 Å². The van der Waals surface area contributed by atoms with Gasteiger partial charge in [-0.3, -0.25) is 10.1 Å². The Morgan fingerprint density at radius 1 is 1.58 bits per heavy atom. The molecule has 0 aliphatic heterocycles. The Balaban J connectivity index is 3.32. The van der Waals surface area contributed by atoms with Crippen LogP contribution in [0, 0.1) is 21.3 Å². The van der Waals surface area contributed by atoms with Gasteiger partial charge in [0.05, 0.1) is 11.0 Å². The Labute approximate surface area is 66.2 Å². The minimum absolute atomic E-state index is 0.389. The van der Waals surface area contributed by atoms with Crippen LogP contribution in [-0.2, 0) is 0 Å². The molecule has 1 aromatic rings. The van der Waals surface area contributed by atoms with E-state index in [0.29, 0.717) is 0 Å². The molecule has 0 saturated carbocycles. The molecule has 12 heavy (non-hydrogen) atoms. The van der Waals surface area contributed by atoms with Crippen molar-refractivity contribution in [3.63, 3.8) is 0 Å². The van der Waals surface area contributed by atoms with Gasteiger partial charge in [-0.1, -0.05) is 0 Å². The van der Waals surface area contributed by atoms with Crippen LogP contribution in [0.2, 0.25) is 0 Å². The van der Waals surface area contributed by atoms with Crippen molar-refractivity contribution in [2.24, 2.45) is 0 Å². The zero-order valence-electron chi connectivity index (χ0n) is 5.77. The van der Waals surface area contributed by atoms with E-state index in [4.69, 9.17) is 5.39 Å². The summed E-state index contributed by atoms with van der Waals surface area (Å²) < 4.78 is 12.4. The summed E-state index contributed by atoms with van der Waals surface area (Å²) in [5, 5.41) is 18.4. The second-order valence-corrected chi connectivity index (χ2v) is 1.99. The fourth-order valence-corrected chi connectivity index (χ4v) is 0.731. The van der Waals surface area contributed by atoms with Crippen molar-refractivity contribution < 1.29 is 9.31 Å². The topological polar surface area (TPSA) is 71.3 Å². The smallest absolute Gasteiger partial charge is 0.258 e. The van der Waals surface area contributed by atoms with Gasteiger partial charge in [-0.25, -0.2) is 4.39 Å². The van der Waals surface area contributed by atoms with E-state index in [0.717, 1.165) is 18.2 Å². The Bertz CT molecular complexity index is 372. The van der Waals surface area contributed by atoms with Crippen molar-refractivity contribution in [3.8, 4) is 0 Å². The van der Waals surface area contributed by atoms with Crippen LogP contribution in [0.25, 0.3) is 4.98 Å². The highest BCUT2D eigenvalue weighted by molar-refractivity contribution is 5.61. The first-order valence-electron chi connectivity index (χ1n) is 2.94. The number of nitrogens with zero attached hydrogens (tertiary/aromatic N) is 3. The Morgan fingerprint density at radius 2 is 2.25 bits per heavy atom. The highest BCUT2D eigenvalue weighted by atomic mass is 19.1. The summed E-state index contributed by atoms with van der Waals surface area (Å²) in [6, 6.07) is 2.63. The maximum Gasteiger partial charge on any atom is 0.464 e. The molecule has 0 saturated heterocycles. The molecule has 0 radical (unpaired) electrons. The number of hydrogen-bond donors (Lipinski definition) is 0. The molecule has 0 aliphatic carbocycles. The van der Waals surface area contributed by atoms with Crippen LogP contribution in [0.4, 0.5) is 15.8 Å². The summed E-state index contributed by atoms with van der Waals surface area (Å²) in [4.78, 5) is 12.0. The molecule has 6 heteroatoms. The van der Waals surface area contributed by atoms with Gasteiger partial charge in [0.1, 0.15) is 5.82 Å². The summed E-state index contributed by atoms with van der Waals surface area (Å²) in [7, 11) is 0. The molecule has 0 atom stereocenters. The van der Waals surface area contributed by atoms with Gasteiger partial charge in [0, 0.05) is 6.07 Å². The Hall–Kier alpha value is -2.03. The zero-order chi connectivity index (χ0) is 9.14. The third-order valence-corrected chi connectivity index (χ3v) is 1.24. The first kappa shape index (κ1) is 8.07. The summed E-state index contributed by atoms with van der Waals surface area (Å²) in [5.41, 5.74) is -0.820. The van der Waals surface area contributed by atoms with E-state index >= 15 is 0 Å². The molecule has 0 N–H and O–H groups in total. The van der Waals surface area contributed by atoms with Crippen molar-refractivity contribution in [2.45, 2.75) is 0 Å². The minimum Gasteiger partial charge on any atom is -0.258 e. The van der Waals surface area contributed by atoms with Gasteiger partial charge in [0.25, 0.3) is 0 Å². The van der Waals surface area contributed by atoms with Gasteiger partial charge in [0.2, 0.25) is 5.39 Å². The maximum absolute atomic E-state index is 12.4. The molecule has 1 rings (SSSR count). The number of diazo groups is 1. The average Bonchev–Trinajstić information content (AvgIpc) is 2.03. The molecule has 1 aromatic carbocycles. The van der Waals surface area contributed by atoms with E-state index in [1.54, 1.807) is 0 Å². The standard InChI is InChI=1S/C6H3FN3O2/c7-4-1-2-6(10(11)12)5(3-4)9-8/h1-3H/q+1. The van der Waals surface area contributed by atoms with Gasteiger partial charge in [0.15, 0.2) is 4.98 Å². The van der Waals surface area contributed by atoms with Crippen LogP contribution in [-0.4, -0.2) is 4.92 Å². The number of halogens is 1. The third-order valence-electron chi connectivity index (χ3n) is 1.24. The van der Waals surface area contributed by atoms with Crippen LogP contribution in [0.5, 0.6) is 0 Å². The van der Waals surface area contributed by atoms with Crippen LogP contribution in [0.15, 0.2) is 18.2 Å². The molecular weight excluding hydrogens is 165 g/mol. The molecule has 0 heterocycles. The lowest BCUT2D eigenvalue weighted by molar-refractivity contribution is -0.383. The van der Waals surface area contributed by atoms with E-state index in [1.807, 2.05) is 0 Å². The van der Waals surface area contributed by atoms with Crippen LogP contribution >= 0.6 is 0 Å². The quantitative estimate of drug-likeness (QED) is 0.366. The van der Waals surface area contributed by atoms with E-state index in [9.17, 15) is 14.5 Å². The van der Waals surface area contributed by atoms with Crippen molar-refractivity contribution in [3.05, 3.63) is 39.1 Å². The second-order valence-electron chi connectivity index (χ2n) is 1.99. The van der Waals surface area contributed by atoms with Crippen molar-refractivity contribution in [1.82, 2.24) is 0 Å². The Morgan fingerprint density at radius 3 is 2.75 bits per heavy atom. The zero-order valence-corrected chi connectivity index (χ0v) is 5.77. The van der Waals surface area contributed by atoms with Crippen LogP contribution in [0.1, 0.15) is 0 Å². The molecule has 0 aliphatic rings. The van der Waals surface area contributed by atoms with E-state index in [1.165, 1.54) is 0 Å². The minimum atomic E-state index is -0.755. The van der Waals surface area contributed by atoms with Gasteiger partial charge >= 0.3 is 11.4 Å². The highest BCUT2D eigenvalue weighted by Crippen LogP contribution is 2.27. The predicted molar refractivity (Wildman–Crippen MR) is 37.8 cm³/mol. The lowest BCUT2D eigenvalue weighted by Gasteiger charge is -1.85. The summed E-state index contributed by atoms with van der Waals surface area (Å²) in [6.07, 6.45) is 0. The summed E-state index contributed by atoms with van der Waals surface area (Å²) in [6.45, 7) is 0. The molecule has 0 bridgehead atoms. The molecule has 0 unspecified atom stereocenters. The average molecular weight is 168 g/mol. The molecule has 0 aromatic heterocycles. The molecule has 0 amide bonds. The molecule has 0 spiro atoms. The van der Waals surface area contributed by atoms with E-state index < -0.39 is 16.4 Å². The summed E-state index contributed by atoms with van der Waals surface area (Å²) in [5.74, 6) is -0.687. The molecule has 0 fully saturated rings. The largest absolute Gasteiger partial charge is 0.464 e. The fourth-order valence-electron chi connectivity index (χ4n) is 0.731. The third kappa shape index (κ3) is 1.34. The van der Waals surface area contributed by atoms with E-state index in [2.05, 4.69) is 4.98 Å². The van der Waals surface area contributed by atoms with Gasteiger partial charge in [-0.2, -0.15) is 0 Å². The van der Waals surface area contributed by atoms with Gasteiger partial charge < -0.3 is 0 Å². The number of benzene rings is 1. The monoisotopic (exact) mass is 168 g/mol. The van der Waals surface area contributed by atoms with Crippen LogP contribution in [0.3, 0.4) is 0 Å². The molecule has 60 valence electrons. The predicted octanol–water partition coefficient (Wildman–Crippen LogP) is 2.22. The fraction of sp³-hybridized carbons (Fsp3) is 0. The SMILES string of the molecule is N#[N+]c1cc(F)ccc1[N+](=O)[O-]. The number of nitro benzene ring substituents is 1. The van der Waals surface area contributed by atoms with Gasteiger partial charge in [-0.15, -0.1) is 0 Å². The van der Waals surface area contributed by atoms with Crippen molar-refractivity contribution in [1.29, 1.82) is 5.39 Å². The lowest BCUT2D eigenvalue weighted by Crippen LogP contribution is -1.87. The van der Waals surface area contributed by atoms with Crippen molar-refractivity contribution in [2.75, 3.05) is 0 Å². The first-order chi connectivity index (χ1) is 5.65. The highest BCUT2D eigenvalue weighted by Gasteiger charge is 2.24. The molecule has 5 nitrogen and oxygen atoms in total. The second kappa shape index (κ2) is 2.92. The van der Waals surface area contributed by atoms with Crippen LogP contribution < -0.4 is 0 Å². The number of hydrogen-bond acceptors (Lipinski definition) is 3. The normalized spacial score (nSPS) is 9.00. The number of rotatable bonds is 1. The summed E-state index contributed by atoms with van der Waals surface area (Å²) >= 11 is 0.